The van der Waals surface area contributed by atoms with Crippen LogP contribution in [0.3, 0.4) is 0 Å². The van der Waals surface area contributed by atoms with Crippen LogP contribution in [0.2, 0.25) is 0 Å². The summed E-state index contributed by atoms with van der Waals surface area (Å²) in [5.41, 5.74) is 1.66. The standard InChI is InChI=1S/C15H12N2O3S/c18-14(9-21-11-4-2-1-3-5-11)16-10-6-7-13-12(8-10)17-15(19)20-13/h1-8H,9H2,(H,16,18)(H,17,19). The van der Waals surface area contributed by atoms with Gasteiger partial charge in [-0.15, -0.1) is 11.8 Å². The summed E-state index contributed by atoms with van der Waals surface area (Å²) in [4.78, 5) is 26.6. The van der Waals surface area contributed by atoms with Crippen molar-refractivity contribution in [2.75, 3.05) is 11.1 Å². The second kappa shape index (κ2) is 5.88. The highest BCUT2D eigenvalue weighted by Gasteiger charge is 2.06. The van der Waals surface area contributed by atoms with Gasteiger partial charge < -0.3 is 9.73 Å². The van der Waals surface area contributed by atoms with Crippen molar-refractivity contribution in [3.05, 3.63) is 59.1 Å². The van der Waals surface area contributed by atoms with Crippen LogP contribution in [-0.4, -0.2) is 16.6 Å². The number of benzene rings is 2. The number of fused-ring (bicyclic) bond motifs is 1. The van der Waals surface area contributed by atoms with E-state index in [4.69, 9.17) is 4.42 Å². The average molecular weight is 300 g/mol. The van der Waals surface area contributed by atoms with Gasteiger partial charge in [0.05, 0.1) is 11.3 Å². The highest BCUT2D eigenvalue weighted by atomic mass is 32.2. The minimum Gasteiger partial charge on any atom is -0.408 e. The molecule has 21 heavy (non-hydrogen) atoms. The second-order valence-electron chi connectivity index (χ2n) is 4.38. The minimum absolute atomic E-state index is 0.103. The van der Waals surface area contributed by atoms with Gasteiger partial charge in [-0.05, 0) is 30.3 Å². The van der Waals surface area contributed by atoms with Crippen LogP contribution in [0, 0.1) is 0 Å². The van der Waals surface area contributed by atoms with E-state index >= 15 is 0 Å². The number of anilines is 1. The quantitative estimate of drug-likeness (QED) is 0.727. The third-order valence-electron chi connectivity index (χ3n) is 2.82. The summed E-state index contributed by atoms with van der Waals surface area (Å²) >= 11 is 1.47. The lowest BCUT2D eigenvalue weighted by Crippen LogP contribution is -2.13. The molecule has 106 valence electrons. The predicted octanol–water partition coefficient (Wildman–Crippen LogP) is 2.85. The second-order valence-corrected chi connectivity index (χ2v) is 5.42. The molecule has 3 aromatic rings. The van der Waals surface area contributed by atoms with E-state index in [1.807, 2.05) is 30.3 Å². The summed E-state index contributed by atoms with van der Waals surface area (Å²) in [6.45, 7) is 0. The summed E-state index contributed by atoms with van der Waals surface area (Å²) in [5, 5.41) is 2.79. The molecule has 5 nitrogen and oxygen atoms in total. The van der Waals surface area contributed by atoms with Gasteiger partial charge in [-0.1, -0.05) is 18.2 Å². The topological polar surface area (TPSA) is 75.1 Å². The lowest BCUT2D eigenvalue weighted by Gasteiger charge is -2.05. The van der Waals surface area contributed by atoms with Gasteiger partial charge in [0.25, 0.3) is 0 Å². The average Bonchev–Trinajstić information content (AvgIpc) is 2.85. The van der Waals surface area contributed by atoms with E-state index in [1.54, 1.807) is 18.2 Å². The highest BCUT2D eigenvalue weighted by Crippen LogP contribution is 2.19. The number of aromatic amines is 1. The normalized spacial score (nSPS) is 10.7. The number of hydrogen-bond acceptors (Lipinski definition) is 4. The Kier molecular flexibility index (Phi) is 3.79. The monoisotopic (exact) mass is 300 g/mol. The molecular formula is C15H12N2O3S. The molecule has 0 aliphatic heterocycles. The van der Waals surface area contributed by atoms with Crippen molar-refractivity contribution in [3.8, 4) is 0 Å². The molecule has 0 spiro atoms. The van der Waals surface area contributed by atoms with E-state index in [0.717, 1.165) is 4.90 Å². The van der Waals surface area contributed by atoms with Crippen molar-refractivity contribution in [2.45, 2.75) is 4.90 Å². The maximum absolute atomic E-state index is 11.9. The first-order chi connectivity index (χ1) is 10.2. The molecule has 0 aliphatic carbocycles. The van der Waals surface area contributed by atoms with E-state index in [-0.39, 0.29) is 5.91 Å². The molecule has 0 saturated heterocycles. The number of oxazole rings is 1. The molecule has 6 heteroatoms. The summed E-state index contributed by atoms with van der Waals surface area (Å²) in [5.74, 6) is -0.286. The number of aromatic nitrogens is 1. The van der Waals surface area contributed by atoms with Gasteiger partial charge in [0.15, 0.2) is 5.58 Å². The Bertz CT molecular complexity index is 824. The van der Waals surface area contributed by atoms with E-state index in [9.17, 15) is 9.59 Å². The Hall–Kier alpha value is -2.47. The maximum Gasteiger partial charge on any atom is 0.417 e. The fourth-order valence-electron chi connectivity index (χ4n) is 1.89. The van der Waals surface area contributed by atoms with Gasteiger partial charge in [-0.2, -0.15) is 0 Å². The molecule has 0 radical (unpaired) electrons. The fraction of sp³-hybridized carbons (Fsp3) is 0.0667. The Balaban J connectivity index is 1.64. The van der Waals surface area contributed by atoms with Crippen LogP contribution in [0.5, 0.6) is 0 Å². The lowest BCUT2D eigenvalue weighted by atomic mass is 10.3. The maximum atomic E-state index is 11.9. The van der Waals surface area contributed by atoms with E-state index in [0.29, 0.717) is 22.5 Å². The number of thioether (sulfide) groups is 1. The van der Waals surface area contributed by atoms with Crippen LogP contribution < -0.4 is 11.1 Å². The fourth-order valence-corrected chi connectivity index (χ4v) is 2.61. The van der Waals surface area contributed by atoms with Gasteiger partial charge in [0.1, 0.15) is 0 Å². The van der Waals surface area contributed by atoms with Crippen molar-refractivity contribution in [2.24, 2.45) is 0 Å². The van der Waals surface area contributed by atoms with Crippen molar-refractivity contribution >= 4 is 34.5 Å². The van der Waals surface area contributed by atoms with Crippen LogP contribution >= 0.6 is 11.8 Å². The Morgan fingerprint density at radius 3 is 2.81 bits per heavy atom. The van der Waals surface area contributed by atoms with Crippen LogP contribution in [0.25, 0.3) is 11.1 Å². The molecule has 3 rings (SSSR count). The number of rotatable bonds is 4. The number of hydrogen-bond donors (Lipinski definition) is 2. The number of carbonyl (C=O) groups is 1. The SMILES string of the molecule is O=C(CSc1ccccc1)Nc1ccc2oc(=O)[nH]c2c1. The smallest absolute Gasteiger partial charge is 0.408 e. The van der Waals surface area contributed by atoms with Crippen molar-refractivity contribution < 1.29 is 9.21 Å². The molecule has 2 N–H and O–H groups in total. The van der Waals surface area contributed by atoms with E-state index in [2.05, 4.69) is 10.3 Å². The third-order valence-corrected chi connectivity index (χ3v) is 3.83. The van der Waals surface area contributed by atoms with Crippen LogP contribution in [0.4, 0.5) is 5.69 Å². The first kappa shape index (κ1) is 13.5. The van der Waals surface area contributed by atoms with Gasteiger partial charge in [-0.3, -0.25) is 9.78 Å². The molecule has 0 aliphatic rings. The zero-order valence-corrected chi connectivity index (χ0v) is 11.8. The molecule has 0 unspecified atom stereocenters. The summed E-state index contributed by atoms with van der Waals surface area (Å²) < 4.78 is 4.91. The van der Waals surface area contributed by atoms with E-state index < -0.39 is 5.76 Å². The molecule has 0 bridgehead atoms. The molecule has 1 amide bonds. The van der Waals surface area contributed by atoms with Gasteiger partial charge in [0.2, 0.25) is 5.91 Å². The van der Waals surface area contributed by atoms with Gasteiger partial charge in [-0.25, -0.2) is 4.79 Å². The zero-order chi connectivity index (χ0) is 14.7. The molecule has 0 saturated carbocycles. The molecule has 0 atom stereocenters. The van der Waals surface area contributed by atoms with Crippen molar-refractivity contribution in [3.63, 3.8) is 0 Å². The van der Waals surface area contributed by atoms with Crippen molar-refractivity contribution in [1.29, 1.82) is 0 Å². The summed E-state index contributed by atoms with van der Waals surface area (Å²) in [6.07, 6.45) is 0. The Morgan fingerprint density at radius 2 is 2.00 bits per heavy atom. The third kappa shape index (κ3) is 3.35. The first-order valence-corrected chi connectivity index (χ1v) is 7.30. The number of H-pyrrole nitrogens is 1. The predicted molar refractivity (Wildman–Crippen MR) is 82.6 cm³/mol. The Morgan fingerprint density at radius 1 is 1.19 bits per heavy atom. The number of nitrogens with one attached hydrogen (secondary N) is 2. The summed E-state index contributed by atoms with van der Waals surface area (Å²) in [7, 11) is 0. The van der Waals surface area contributed by atoms with Gasteiger partial charge >= 0.3 is 5.76 Å². The van der Waals surface area contributed by atoms with Crippen molar-refractivity contribution in [1.82, 2.24) is 4.98 Å². The molecular weight excluding hydrogens is 288 g/mol. The molecule has 1 aromatic heterocycles. The zero-order valence-electron chi connectivity index (χ0n) is 11.0. The van der Waals surface area contributed by atoms with Crippen LogP contribution in [0.15, 0.2) is 62.6 Å². The Labute approximate surface area is 124 Å². The van der Waals surface area contributed by atoms with Gasteiger partial charge in [0, 0.05) is 10.6 Å². The van der Waals surface area contributed by atoms with E-state index in [1.165, 1.54) is 11.8 Å². The first-order valence-electron chi connectivity index (χ1n) is 6.31. The number of amides is 1. The minimum atomic E-state index is -0.506. The summed E-state index contributed by atoms with van der Waals surface area (Å²) in [6, 6.07) is 14.7. The number of carbonyl (C=O) groups excluding carboxylic acids is 1. The largest absolute Gasteiger partial charge is 0.417 e. The highest BCUT2D eigenvalue weighted by molar-refractivity contribution is 8.00. The molecule has 0 fully saturated rings. The molecule has 1 heterocycles. The van der Waals surface area contributed by atoms with Crippen LogP contribution in [-0.2, 0) is 4.79 Å². The molecule has 2 aromatic carbocycles. The van der Waals surface area contributed by atoms with Crippen LogP contribution in [0.1, 0.15) is 0 Å². The lowest BCUT2D eigenvalue weighted by molar-refractivity contribution is -0.113.